The molecule has 0 fully saturated rings. The van der Waals surface area contributed by atoms with Crippen molar-refractivity contribution in [2.45, 2.75) is 39.8 Å². The smallest absolute Gasteiger partial charge is 0.260 e. The Kier molecular flexibility index (Phi) is 6.01. The molecule has 0 amide bonds. The molecule has 3 aromatic rings. The van der Waals surface area contributed by atoms with E-state index in [1.807, 2.05) is 25.1 Å². The van der Waals surface area contributed by atoms with Gasteiger partial charge in [-0.2, -0.15) is 0 Å². The highest BCUT2D eigenvalue weighted by Crippen LogP contribution is 2.31. The number of fused-ring (bicyclic) bond motifs is 3. The van der Waals surface area contributed by atoms with Crippen molar-refractivity contribution in [3.63, 3.8) is 0 Å². The average Bonchev–Trinajstić information content (AvgIpc) is 2.64. The molecule has 1 atom stereocenters. The quantitative estimate of drug-likeness (QED) is 0.633. The Morgan fingerprint density at radius 2 is 2.00 bits per heavy atom. The van der Waals surface area contributed by atoms with Crippen molar-refractivity contribution >= 4 is 21.7 Å². The third-order valence-corrected chi connectivity index (χ3v) is 5.02. The first-order chi connectivity index (χ1) is 13.3. The number of nitrogens with zero attached hydrogens (tertiary/aromatic N) is 2. The molecule has 0 spiro atoms. The Morgan fingerprint density at radius 1 is 1.25 bits per heavy atom. The van der Waals surface area contributed by atoms with E-state index in [2.05, 4.69) is 18.8 Å². The van der Waals surface area contributed by atoms with Gasteiger partial charge in [0.05, 0.1) is 23.2 Å². The molecule has 150 valence electrons. The second kappa shape index (κ2) is 8.29. The van der Waals surface area contributed by atoms with Crippen LogP contribution < -0.4 is 16.0 Å². The first kappa shape index (κ1) is 20.3. The second-order valence-corrected chi connectivity index (χ2v) is 7.79. The van der Waals surface area contributed by atoms with Crippen molar-refractivity contribution in [2.24, 2.45) is 18.7 Å². The Balaban J connectivity index is 2.15. The number of rotatable bonds is 7. The fourth-order valence-corrected chi connectivity index (χ4v) is 3.72. The van der Waals surface area contributed by atoms with E-state index >= 15 is 0 Å². The number of methoxy groups -OCH3 is 1. The van der Waals surface area contributed by atoms with Gasteiger partial charge in [0.25, 0.3) is 5.56 Å². The molecule has 2 N–H and O–H groups in total. The third-order valence-electron chi connectivity index (χ3n) is 5.02. The molecule has 0 radical (unpaired) electrons. The highest BCUT2D eigenvalue weighted by molar-refractivity contribution is 6.06. The molecule has 1 aromatic carbocycles. The van der Waals surface area contributed by atoms with E-state index in [0.717, 1.165) is 34.0 Å². The summed E-state index contributed by atoms with van der Waals surface area (Å²) >= 11 is 0. The zero-order valence-corrected chi connectivity index (χ0v) is 17.3. The molecule has 2 heterocycles. The lowest BCUT2D eigenvalue weighted by Gasteiger charge is -2.19. The number of aromatic nitrogens is 2. The molecule has 6 nitrogen and oxygen atoms in total. The van der Waals surface area contributed by atoms with Crippen LogP contribution in [0.15, 0.2) is 29.2 Å². The summed E-state index contributed by atoms with van der Waals surface area (Å²) in [6.45, 7) is 6.98. The van der Waals surface area contributed by atoms with Crippen LogP contribution in [-0.2, 0) is 18.4 Å². The van der Waals surface area contributed by atoms with Gasteiger partial charge in [-0.05, 0) is 36.8 Å². The van der Waals surface area contributed by atoms with E-state index in [-0.39, 0.29) is 11.6 Å². The van der Waals surface area contributed by atoms with Crippen LogP contribution >= 0.6 is 0 Å². The Bertz CT molecular complexity index is 1060. The predicted molar refractivity (Wildman–Crippen MR) is 113 cm³/mol. The number of ether oxygens (including phenoxy) is 2. The summed E-state index contributed by atoms with van der Waals surface area (Å²) < 4.78 is 13.1. The fraction of sp³-hybridized carbons (Fsp3) is 0.455. The van der Waals surface area contributed by atoms with Crippen molar-refractivity contribution in [1.29, 1.82) is 0 Å². The Morgan fingerprint density at radius 3 is 2.68 bits per heavy atom. The molecule has 3 rings (SSSR count). The van der Waals surface area contributed by atoms with E-state index in [0.29, 0.717) is 30.3 Å². The van der Waals surface area contributed by atoms with Gasteiger partial charge in [0.1, 0.15) is 12.4 Å². The van der Waals surface area contributed by atoms with E-state index in [4.69, 9.17) is 15.2 Å². The molecule has 1 unspecified atom stereocenters. The van der Waals surface area contributed by atoms with Crippen LogP contribution in [-0.4, -0.2) is 29.3 Å². The SMILES string of the molecule is COCc1cc2c3ccnc(C)c3c(=O)n(C)c2cc1OCC(N)CC(C)C. The summed E-state index contributed by atoms with van der Waals surface area (Å²) in [5.41, 5.74) is 8.60. The number of pyridine rings is 2. The molecule has 0 bridgehead atoms. The van der Waals surface area contributed by atoms with Gasteiger partial charge in [0.15, 0.2) is 0 Å². The van der Waals surface area contributed by atoms with Gasteiger partial charge in [-0.3, -0.25) is 9.78 Å². The zero-order chi connectivity index (χ0) is 20.4. The van der Waals surface area contributed by atoms with Crippen LogP contribution in [0.4, 0.5) is 0 Å². The maximum atomic E-state index is 12.9. The van der Waals surface area contributed by atoms with Crippen LogP contribution in [0.3, 0.4) is 0 Å². The van der Waals surface area contributed by atoms with Crippen molar-refractivity contribution in [3.05, 3.63) is 46.0 Å². The van der Waals surface area contributed by atoms with Crippen LogP contribution in [0.5, 0.6) is 5.75 Å². The zero-order valence-electron chi connectivity index (χ0n) is 17.3. The summed E-state index contributed by atoms with van der Waals surface area (Å²) in [6.07, 6.45) is 2.63. The molecule has 0 aliphatic heterocycles. The van der Waals surface area contributed by atoms with E-state index in [1.165, 1.54) is 0 Å². The molecule has 0 aliphatic carbocycles. The molecule has 6 heteroatoms. The van der Waals surface area contributed by atoms with Crippen molar-refractivity contribution in [1.82, 2.24) is 9.55 Å². The Labute approximate surface area is 165 Å². The normalized spacial score (nSPS) is 12.8. The molecule has 2 aromatic heterocycles. The summed E-state index contributed by atoms with van der Waals surface area (Å²) in [5.74, 6) is 1.21. The monoisotopic (exact) mass is 383 g/mol. The van der Waals surface area contributed by atoms with Gasteiger partial charge in [0, 0.05) is 43.4 Å². The van der Waals surface area contributed by atoms with Crippen LogP contribution in [0, 0.1) is 12.8 Å². The van der Waals surface area contributed by atoms with Gasteiger partial charge >= 0.3 is 0 Å². The van der Waals surface area contributed by atoms with Gasteiger partial charge in [0.2, 0.25) is 0 Å². The number of hydrogen-bond acceptors (Lipinski definition) is 5. The second-order valence-electron chi connectivity index (χ2n) is 7.79. The summed E-state index contributed by atoms with van der Waals surface area (Å²) in [7, 11) is 3.44. The number of benzene rings is 1. The molecular weight excluding hydrogens is 354 g/mol. The van der Waals surface area contributed by atoms with Crippen LogP contribution in [0.1, 0.15) is 31.5 Å². The highest BCUT2D eigenvalue weighted by atomic mass is 16.5. The molecule has 28 heavy (non-hydrogen) atoms. The van der Waals surface area contributed by atoms with Crippen molar-refractivity contribution in [3.8, 4) is 5.75 Å². The lowest BCUT2D eigenvalue weighted by molar-refractivity contribution is 0.178. The average molecular weight is 383 g/mol. The number of nitrogens with two attached hydrogens (primary N) is 1. The number of hydrogen-bond donors (Lipinski definition) is 1. The van der Waals surface area contributed by atoms with Gasteiger partial charge in [-0.25, -0.2) is 0 Å². The molecule has 0 aliphatic rings. The fourth-order valence-electron chi connectivity index (χ4n) is 3.72. The maximum absolute atomic E-state index is 12.9. The lowest BCUT2D eigenvalue weighted by Crippen LogP contribution is -2.29. The van der Waals surface area contributed by atoms with E-state index in [1.54, 1.807) is 24.9 Å². The third kappa shape index (κ3) is 3.88. The van der Waals surface area contributed by atoms with Gasteiger partial charge < -0.3 is 19.8 Å². The molecule has 0 saturated heterocycles. The topological polar surface area (TPSA) is 79.4 Å². The maximum Gasteiger partial charge on any atom is 0.260 e. The first-order valence-corrected chi connectivity index (χ1v) is 9.61. The van der Waals surface area contributed by atoms with E-state index in [9.17, 15) is 4.79 Å². The predicted octanol–water partition coefficient (Wildman–Crippen LogP) is 3.29. The first-order valence-electron chi connectivity index (χ1n) is 9.61. The van der Waals surface area contributed by atoms with Crippen molar-refractivity contribution < 1.29 is 9.47 Å². The van der Waals surface area contributed by atoms with E-state index < -0.39 is 0 Å². The van der Waals surface area contributed by atoms with Gasteiger partial charge in [-0.15, -0.1) is 0 Å². The summed E-state index contributed by atoms with van der Waals surface area (Å²) in [4.78, 5) is 17.2. The summed E-state index contributed by atoms with van der Waals surface area (Å²) in [5, 5.41) is 2.52. The highest BCUT2D eigenvalue weighted by Gasteiger charge is 2.16. The Hall–Kier alpha value is -2.44. The minimum absolute atomic E-state index is 0.0414. The molecular formula is C22H29N3O3. The van der Waals surface area contributed by atoms with Crippen LogP contribution in [0.2, 0.25) is 0 Å². The van der Waals surface area contributed by atoms with Crippen LogP contribution in [0.25, 0.3) is 21.7 Å². The minimum atomic E-state index is -0.0601. The standard InChI is InChI=1S/C22H29N3O3/c1-13(2)8-16(23)12-28-20-10-19-18(9-15(20)11-27-5)17-6-7-24-14(3)21(17)22(26)25(19)4/h6-7,9-10,13,16H,8,11-12,23H2,1-5H3. The van der Waals surface area contributed by atoms with Gasteiger partial charge in [-0.1, -0.05) is 13.8 Å². The number of aryl methyl sites for hydroxylation is 2. The molecule has 0 saturated carbocycles. The summed E-state index contributed by atoms with van der Waals surface area (Å²) in [6, 6.07) is 5.81. The lowest BCUT2D eigenvalue weighted by atomic mass is 10.0. The largest absolute Gasteiger partial charge is 0.492 e. The minimum Gasteiger partial charge on any atom is -0.492 e. The van der Waals surface area contributed by atoms with Crippen molar-refractivity contribution in [2.75, 3.05) is 13.7 Å².